The first kappa shape index (κ1) is 21.3. The maximum absolute atomic E-state index is 13.0. The number of hydrogen-bond donors (Lipinski definition) is 2. The summed E-state index contributed by atoms with van der Waals surface area (Å²) in [4.78, 5) is 39.0. The normalized spacial score (nSPS) is 25.4. The minimum atomic E-state index is -0.837. The number of esters is 1. The van der Waals surface area contributed by atoms with Gasteiger partial charge in [0.05, 0.1) is 19.1 Å². The molecule has 1 aromatic carbocycles. The van der Waals surface area contributed by atoms with Crippen molar-refractivity contribution in [3.63, 3.8) is 0 Å². The molecule has 2 saturated heterocycles. The number of ether oxygens (including phenoxy) is 2. The van der Waals surface area contributed by atoms with Gasteiger partial charge in [-0.3, -0.25) is 14.4 Å². The van der Waals surface area contributed by atoms with Crippen LogP contribution in [0.15, 0.2) is 30.3 Å². The Hall–Kier alpha value is -2.45. The Morgan fingerprint density at radius 1 is 1.28 bits per heavy atom. The maximum Gasteiger partial charge on any atom is 0.310 e. The molecule has 0 spiro atoms. The number of likely N-dealkylation sites (N-methyl/N-ethyl adjacent to an activating group) is 1. The third-order valence-corrected chi connectivity index (χ3v) is 5.44. The van der Waals surface area contributed by atoms with E-state index >= 15 is 0 Å². The molecule has 2 amide bonds. The van der Waals surface area contributed by atoms with Crippen molar-refractivity contribution in [1.82, 2.24) is 15.5 Å². The number of hydrogen-bond acceptors (Lipinski definition) is 6. The van der Waals surface area contributed by atoms with Crippen molar-refractivity contribution < 1.29 is 23.9 Å². The fraction of sp³-hybridized carbons (Fsp3) is 0.571. The lowest BCUT2D eigenvalue weighted by atomic mass is 9.99. The van der Waals surface area contributed by atoms with Crippen LogP contribution in [-0.2, 0) is 30.5 Å². The minimum absolute atomic E-state index is 0.0543. The summed E-state index contributed by atoms with van der Waals surface area (Å²) < 4.78 is 11.0. The van der Waals surface area contributed by atoms with Crippen LogP contribution in [0.4, 0.5) is 0 Å². The van der Waals surface area contributed by atoms with Gasteiger partial charge in [-0.15, -0.1) is 0 Å². The molecule has 0 aromatic heterocycles. The van der Waals surface area contributed by atoms with Gasteiger partial charge < -0.3 is 25.0 Å². The molecule has 8 nitrogen and oxygen atoms in total. The highest BCUT2D eigenvalue weighted by Gasteiger charge is 2.40. The van der Waals surface area contributed by atoms with Crippen LogP contribution in [0.25, 0.3) is 0 Å². The van der Waals surface area contributed by atoms with E-state index in [9.17, 15) is 14.4 Å². The number of nitrogens with one attached hydrogen (secondary N) is 2. The first-order chi connectivity index (χ1) is 14.0. The van der Waals surface area contributed by atoms with Crippen molar-refractivity contribution >= 4 is 17.8 Å². The van der Waals surface area contributed by atoms with Crippen molar-refractivity contribution in [2.45, 2.75) is 63.6 Å². The van der Waals surface area contributed by atoms with Crippen molar-refractivity contribution in [3.05, 3.63) is 35.9 Å². The third kappa shape index (κ3) is 5.33. The number of amides is 2. The summed E-state index contributed by atoms with van der Waals surface area (Å²) >= 11 is 0. The monoisotopic (exact) mass is 403 g/mol. The smallest absolute Gasteiger partial charge is 0.310 e. The molecule has 2 aliphatic rings. The van der Waals surface area contributed by atoms with Crippen LogP contribution in [0.3, 0.4) is 0 Å². The predicted octanol–water partition coefficient (Wildman–Crippen LogP) is 0.950. The second-order valence-electron chi connectivity index (χ2n) is 7.53. The molecule has 0 aliphatic carbocycles. The summed E-state index contributed by atoms with van der Waals surface area (Å²) in [5.41, 5.74) is 0.950. The van der Waals surface area contributed by atoms with Crippen LogP contribution in [0, 0.1) is 0 Å². The number of likely N-dealkylation sites (tertiary alicyclic amines) is 1. The molecule has 2 aliphatic heterocycles. The first-order valence-corrected chi connectivity index (χ1v) is 10.1. The van der Waals surface area contributed by atoms with Crippen LogP contribution >= 0.6 is 0 Å². The van der Waals surface area contributed by atoms with Gasteiger partial charge in [0.1, 0.15) is 12.1 Å². The van der Waals surface area contributed by atoms with E-state index in [1.165, 1.54) is 0 Å². The van der Waals surface area contributed by atoms with Gasteiger partial charge in [0.25, 0.3) is 0 Å². The molecular formula is C21H29N3O5. The number of cyclic esters (lactones) is 1. The average Bonchev–Trinajstić information content (AvgIpc) is 3.10. The van der Waals surface area contributed by atoms with Gasteiger partial charge in [-0.2, -0.15) is 0 Å². The zero-order chi connectivity index (χ0) is 20.8. The Morgan fingerprint density at radius 3 is 2.76 bits per heavy atom. The van der Waals surface area contributed by atoms with Gasteiger partial charge in [-0.05, 0) is 38.8 Å². The fourth-order valence-electron chi connectivity index (χ4n) is 3.68. The summed E-state index contributed by atoms with van der Waals surface area (Å²) in [5, 5.41) is 5.82. The summed E-state index contributed by atoms with van der Waals surface area (Å²) in [6.07, 6.45) is 1.57. The highest BCUT2D eigenvalue weighted by molar-refractivity contribution is 5.90. The number of carbonyl (C=O) groups is 3. The second-order valence-corrected chi connectivity index (χ2v) is 7.53. The van der Waals surface area contributed by atoms with E-state index in [0.29, 0.717) is 13.0 Å². The molecule has 2 heterocycles. The van der Waals surface area contributed by atoms with Gasteiger partial charge in [-0.1, -0.05) is 30.3 Å². The summed E-state index contributed by atoms with van der Waals surface area (Å²) in [6, 6.07) is 8.07. The molecule has 0 saturated carbocycles. The Morgan fingerprint density at radius 2 is 2.03 bits per heavy atom. The van der Waals surface area contributed by atoms with Crippen molar-refractivity contribution in [1.29, 1.82) is 0 Å². The van der Waals surface area contributed by atoms with Gasteiger partial charge in [-0.25, -0.2) is 0 Å². The molecule has 1 unspecified atom stereocenters. The van der Waals surface area contributed by atoms with E-state index in [2.05, 4.69) is 10.6 Å². The Labute approximate surface area is 170 Å². The largest absolute Gasteiger partial charge is 0.433 e. The molecule has 2 fully saturated rings. The molecule has 158 valence electrons. The topological polar surface area (TPSA) is 97.0 Å². The van der Waals surface area contributed by atoms with E-state index in [1.807, 2.05) is 30.3 Å². The Balaban J connectivity index is 1.62. The molecule has 8 heteroatoms. The van der Waals surface area contributed by atoms with E-state index < -0.39 is 24.3 Å². The van der Waals surface area contributed by atoms with E-state index in [0.717, 1.165) is 18.4 Å². The molecule has 3 rings (SSSR count). The molecule has 0 radical (unpaired) electrons. The standard InChI is InChI=1S/C21H29N3O5/c1-14(22-2)20(27)24-11-7-6-10-17(24)19(26)23-16-12-18(25)29-21(16)28-13-15-8-4-3-5-9-15/h3-5,8-9,14,16-17,21-22H,6-7,10-13H2,1-2H3,(H,23,26)/t14-,16-,17-,21?/m0/s1. The minimum Gasteiger partial charge on any atom is -0.433 e. The molecule has 29 heavy (non-hydrogen) atoms. The number of rotatable bonds is 7. The van der Waals surface area contributed by atoms with Crippen molar-refractivity contribution in [2.24, 2.45) is 0 Å². The van der Waals surface area contributed by atoms with Crippen LogP contribution < -0.4 is 10.6 Å². The number of piperidine rings is 1. The van der Waals surface area contributed by atoms with Gasteiger partial charge in [0.15, 0.2) is 0 Å². The molecule has 2 N–H and O–H groups in total. The summed E-state index contributed by atoms with van der Waals surface area (Å²) in [6.45, 7) is 2.61. The van der Waals surface area contributed by atoms with Gasteiger partial charge >= 0.3 is 5.97 Å². The van der Waals surface area contributed by atoms with E-state index in [1.54, 1.807) is 18.9 Å². The van der Waals surface area contributed by atoms with Crippen LogP contribution in [0.1, 0.15) is 38.2 Å². The number of carbonyl (C=O) groups excluding carboxylic acids is 3. The number of nitrogens with zero attached hydrogens (tertiary/aromatic N) is 1. The molecule has 0 bridgehead atoms. The van der Waals surface area contributed by atoms with E-state index in [4.69, 9.17) is 9.47 Å². The van der Waals surface area contributed by atoms with Crippen molar-refractivity contribution in [2.75, 3.05) is 13.6 Å². The Kier molecular flexibility index (Phi) is 7.22. The molecular weight excluding hydrogens is 374 g/mol. The zero-order valence-electron chi connectivity index (χ0n) is 16.9. The SMILES string of the molecule is CN[C@@H](C)C(=O)N1CCCC[C@H]1C(=O)N[C@H]1CC(=O)OC1OCc1ccccc1. The number of benzene rings is 1. The highest BCUT2D eigenvalue weighted by Crippen LogP contribution is 2.22. The van der Waals surface area contributed by atoms with Gasteiger partial charge in [0, 0.05) is 6.54 Å². The zero-order valence-corrected chi connectivity index (χ0v) is 16.9. The summed E-state index contributed by atoms with van der Waals surface area (Å²) in [5.74, 6) is -0.769. The molecule has 4 atom stereocenters. The van der Waals surface area contributed by atoms with Crippen LogP contribution in [0.2, 0.25) is 0 Å². The van der Waals surface area contributed by atoms with E-state index in [-0.39, 0.29) is 30.9 Å². The van der Waals surface area contributed by atoms with Gasteiger partial charge in [0.2, 0.25) is 18.1 Å². The highest BCUT2D eigenvalue weighted by atomic mass is 16.7. The van der Waals surface area contributed by atoms with Crippen LogP contribution in [-0.4, -0.2) is 60.7 Å². The quantitative estimate of drug-likeness (QED) is 0.658. The fourth-order valence-corrected chi connectivity index (χ4v) is 3.68. The Bertz CT molecular complexity index is 726. The lowest BCUT2D eigenvalue weighted by Gasteiger charge is -2.36. The third-order valence-electron chi connectivity index (χ3n) is 5.44. The van der Waals surface area contributed by atoms with Crippen molar-refractivity contribution in [3.8, 4) is 0 Å². The average molecular weight is 403 g/mol. The lowest BCUT2D eigenvalue weighted by molar-refractivity contribution is -0.168. The molecule has 1 aromatic rings. The predicted molar refractivity (Wildman–Crippen MR) is 106 cm³/mol. The summed E-state index contributed by atoms with van der Waals surface area (Å²) in [7, 11) is 1.72. The van der Waals surface area contributed by atoms with Crippen LogP contribution in [0.5, 0.6) is 0 Å². The maximum atomic E-state index is 13.0. The first-order valence-electron chi connectivity index (χ1n) is 10.1. The lowest BCUT2D eigenvalue weighted by Crippen LogP contribution is -2.57. The second kappa shape index (κ2) is 9.84.